The van der Waals surface area contributed by atoms with E-state index in [1.165, 1.54) is 49.6 Å². The average Bonchev–Trinajstić information content (AvgIpc) is 2.50. The fourth-order valence-corrected chi connectivity index (χ4v) is 4.60. The van der Waals surface area contributed by atoms with E-state index in [-0.39, 0.29) is 17.2 Å². The van der Waals surface area contributed by atoms with Gasteiger partial charge in [0.2, 0.25) is 0 Å². The lowest BCUT2D eigenvalue weighted by Crippen LogP contribution is -2.38. The van der Waals surface area contributed by atoms with Gasteiger partial charge in [0.1, 0.15) is 0 Å². The lowest BCUT2D eigenvalue weighted by atomic mass is 9.80. The second kappa shape index (κ2) is 6.63. The smallest absolute Gasteiger partial charge is 0.300 e. The molecule has 0 unspecified atom stereocenters. The van der Waals surface area contributed by atoms with Gasteiger partial charge in [-0.1, -0.05) is 30.7 Å². The molecule has 1 saturated carbocycles. The molecule has 1 heterocycles. The fraction of sp³-hybridized carbons (Fsp3) is 0.444. The Morgan fingerprint density at radius 2 is 1.64 bits per heavy atom. The lowest BCUT2D eigenvalue weighted by Gasteiger charge is -2.25. The van der Waals surface area contributed by atoms with Gasteiger partial charge in [0.25, 0.3) is 5.56 Å². The fourth-order valence-electron chi connectivity index (χ4n) is 3.07. The lowest BCUT2D eigenvalue weighted by molar-refractivity contribution is 0.420. The molecule has 0 atom stereocenters. The molecule has 0 spiro atoms. The highest BCUT2D eigenvalue weighted by molar-refractivity contribution is 7.89. The van der Waals surface area contributed by atoms with Crippen LogP contribution in [0.15, 0.2) is 39.9 Å². The molecule has 0 aliphatic heterocycles. The minimum absolute atomic E-state index is 0.110. The predicted octanol–water partition coefficient (Wildman–Crippen LogP) is 1.47. The van der Waals surface area contributed by atoms with Crippen LogP contribution in [0, 0.1) is 0 Å². The Bertz CT molecular complexity index is 997. The van der Waals surface area contributed by atoms with Crippen molar-refractivity contribution in [3.8, 4) is 0 Å². The molecule has 3 rings (SSSR count). The molecule has 0 N–H and O–H groups in total. The third-order valence-corrected chi connectivity index (χ3v) is 6.44. The molecule has 2 aromatic rings. The average molecular weight is 362 g/mol. The summed E-state index contributed by atoms with van der Waals surface area (Å²) in [5, 5.41) is 0. The van der Waals surface area contributed by atoms with Crippen molar-refractivity contribution in [3.63, 3.8) is 0 Å². The van der Waals surface area contributed by atoms with Gasteiger partial charge < -0.3 is 0 Å². The van der Waals surface area contributed by atoms with Gasteiger partial charge >= 0.3 is 5.69 Å². The number of nitrogens with zero attached hydrogens (tertiary/aromatic N) is 2. The molecule has 1 fully saturated rings. The third kappa shape index (κ3) is 3.76. The monoisotopic (exact) mass is 362 g/mol. The van der Waals surface area contributed by atoms with Crippen LogP contribution in [0.4, 0.5) is 0 Å². The van der Waals surface area contributed by atoms with Crippen LogP contribution in [0.2, 0.25) is 0 Å². The van der Waals surface area contributed by atoms with E-state index in [9.17, 15) is 18.0 Å². The number of benzene rings is 1. The van der Waals surface area contributed by atoms with E-state index in [1.54, 1.807) is 0 Å². The summed E-state index contributed by atoms with van der Waals surface area (Å²) >= 11 is 0. The Kier molecular flexibility index (Phi) is 4.69. The van der Waals surface area contributed by atoms with E-state index >= 15 is 0 Å². The molecule has 1 aromatic heterocycles. The van der Waals surface area contributed by atoms with Gasteiger partial charge in [-0.15, -0.1) is 0 Å². The van der Waals surface area contributed by atoms with Crippen LogP contribution < -0.4 is 11.2 Å². The van der Waals surface area contributed by atoms with Crippen molar-refractivity contribution in [1.82, 2.24) is 9.13 Å². The molecule has 1 aromatic carbocycles. The predicted molar refractivity (Wildman–Crippen MR) is 96.3 cm³/mol. The van der Waals surface area contributed by atoms with Gasteiger partial charge in [-0.3, -0.25) is 13.9 Å². The van der Waals surface area contributed by atoms with E-state index in [0.717, 1.165) is 10.1 Å². The van der Waals surface area contributed by atoms with Gasteiger partial charge in [0.05, 0.1) is 11.5 Å². The largest absolute Gasteiger partial charge is 0.330 e. The van der Waals surface area contributed by atoms with Crippen molar-refractivity contribution in [2.24, 2.45) is 14.1 Å². The zero-order valence-corrected chi connectivity index (χ0v) is 15.3. The van der Waals surface area contributed by atoms with Crippen molar-refractivity contribution in [1.29, 1.82) is 0 Å². The molecule has 0 amide bonds. The molecule has 1 aliphatic carbocycles. The van der Waals surface area contributed by atoms with Gasteiger partial charge in [0.15, 0.2) is 9.84 Å². The van der Waals surface area contributed by atoms with Crippen LogP contribution in [-0.2, 0) is 35.4 Å². The Morgan fingerprint density at radius 1 is 1.00 bits per heavy atom. The number of hydrogen-bond acceptors (Lipinski definition) is 4. The molecule has 25 heavy (non-hydrogen) atoms. The number of hydrogen-bond donors (Lipinski definition) is 0. The van der Waals surface area contributed by atoms with Crippen LogP contribution in [-0.4, -0.2) is 17.6 Å². The second-order valence-electron chi connectivity index (χ2n) is 6.78. The van der Waals surface area contributed by atoms with Gasteiger partial charge in [-0.05, 0) is 29.9 Å². The molecule has 1 aliphatic rings. The topological polar surface area (TPSA) is 78.1 Å². The van der Waals surface area contributed by atoms with E-state index in [2.05, 4.69) is 0 Å². The summed E-state index contributed by atoms with van der Waals surface area (Å²) in [7, 11) is -0.649. The van der Waals surface area contributed by atoms with Crippen LogP contribution in [0.3, 0.4) is 0 Å². The van der Waals surface area contributed by atoms with Crippen LogP contribution in [0.25, 0.3) is 0 Å². The van der Waals surface area contributed by atoms with Crippen molar-refractivity contribution in [2.75, 3.05) is 0 Å². The first-order valence-corrected chi connectivity index (χ1v) is 10.1. The van der Waals surface area contributed by atoms with E-state index < -0.39 is 21.1 Å². The Hall–Kier alpha value is -2.15. The van der Waals surface area contributed by atoms with Crippen LogP contribution >= 0.6 is 0 Å². The maximum Gasteiger partial charge on any atom is 0.330 e. The van der Waals surface area contributed by atoms with Gasteiger partial charge in [-0.25, -0.2) is 13.2 Å². The summed E-state index contributed by atoms with van der Waals surface area (Å²) in [5.41, 5.74) is 1.16. The number of rotatable bonds is 5. The molecule has 0 saturated heterocycles. The van der Waals surface area contributed by atoms with Crippen molar-refractivity contribution in [3.05, 3.63) is 68.0 Å². The van der Waals surface area contributed by atoms with E-state index in [0.29, 0.717) is 5.92 Å². The summed E-state index contributed by atoms with van der Waals surface area (Å²) < 4.78 is 27.1. The second-order valence-corrected chi connectivity index (χ2v) is 8.84. The summed E-state index contributed by atoms with van der Waals surface area (Å²) in [6.45, 7) is 0. The maximum atomic E-state index is 12.5. The molecule has 6 nitrogen and oxygen atoms in total. The summed E-state index contributed by atoms with van der Waals surface area (Å²) in [6, 6.07) is 8.92. The molecule has 0 bridgehead atoms. The first-order chi connectivity index (χ1) is 11.8. The number of sulfone groups is 1. The van der Waals surface area contributed by atoms with Crippen molar-refractivity contribution < 1.29 is 8.42 Å². The highest BCUT2D eigenvalue weighted by Gasteiger charge is 2.20. The Balaban J connectivity index is 1.78. The first kappa shape index (κ1) is 17.7. The first-order valence-electron chi connectivity index (χ1n) is 8.32. The Morgan fingerprint density at radius 3 is 2.20 bits per heavy atom. The highest BCUT2D eigenvalue weighted by atomic mass is 32.2. The van der Waals surface area contributed by atoms with Gasteiger partial charge in [0, 0.05) is 25.9 Å². The van der Waals surface area contributed by atoms with Gasteiger partial charge in [-0.2, -0.15) is 0 Å². The molecular formula is C18H22N2O4S. The van der Waals surface area contributed by atoms with Crippen molar-refractivity contribution >= 4 is 9.84 Å². The quantitative estimate of drug-likeness (QED) is 0.807. The zero-order chi connectivity index (χ0) is 18.2. The Labute approximate surface area is 146 Å². The summed E-state index contributed by atoms with van der Waals surface area (Å²) in [6.07, 6.45) is 3.67. The molecule has 0 radical (unpaired) electrons. The van der Waals surface area contributed by atoms with Crippen LogP contribution in [0.5, 0.6) is 0 Å². The number of aromatic nitrogens is 2. The summed E-state index contributed by atoms with van der Waals surface area (Å²) in [5.74, 6) is 0.168. The minimum atomic E-state index is -3.49. The minimum Gasteiger partial charge on any atom is -0.300 e. The van der Waals surface area contributed by atoms with Crippen LogP contribution in [0.1, 0.15) is 42.0 Å². The SMILES string of the molecule is Cn1c(CS(=O)(=O)Cc2ccc(C3CCC3)cc2)cc(=O)n(C)c1=O. The zero-order valence-electron chi connectivity index (χ0n) is 14.4. The van der Waals surface area contributed by atoms with E-state index in [4.69, 9.17) is 0 Å². The molecule has 7 heteroatoms. The molecule has 134 valence electrons. The highest BCUT2D eigenvalue weighted by Crippen LogP contribution is 2.36. The van der Waals surface area contributed by atoms with E-state index in [1.807, 2.05) is 24.3 Å². The standard InChI is InChI=1S/C18H22N2O4S/c1-19-16(10-17(21)20(2)18(19)22)12-25(23,24)11-13-6-8-15(9-7-13)14-4-3-5-14/h6-10,14H,3-5,11-12H2,1-2H3. The normalized spacial score (nSPS) is 15.1. The maximum absolute atomic E-state index is 12.5. The molecular weight excluding hydrogens is 340 g/mol. The van der Waals surface area contributed by atoms with Crippen molar-refractivity contribution in [2.45, 2.75) is 36.7 Å². The summed E-state index contributed by atoms with van der Waals surface area (Å²) in [4.78, 5) is 23.7. The third-order valence-electron chi connectivity index (χ3n) is 4.94.